The van der Waals surface area contributed by atoms with Gasteiger partial charge in [0.15, 0.2) is 4.80 Å². The topological polar surface area (TPSA) is 56.7 Å². The second-order valence-electron chi connectivity index (χ2n) is 1.24. The molecule has 8 heavy (non-hydrogen) atoms. The van der Waals surface area contributed by atoms with Crippen molar-refractivity contribution in [3.8, 4) is 0 Å². The average Bonchev–Trinajstić information content (AvgIpc) is 1.64. The molecule has 1 heterocycles. The summed E-state index contributed by atoms with van der Waals surface area (Å²) in [5.74, 6) is 0. The predicted octanol–water partition coefficient (Wildman–Crippen LogP) is -0.0841. The van der Waals surface area contributed by atoms with E-state index in [1.54, 1.807) is 5.38 Å². The van der Waals surface area contributed by atoms with E-state index in [0.717, 1.165) is 0 Å². The first-order valence-corrected chi connectivity index (χ1v) is 2.90. The van der Waals surface area contributed by atoms with Gasteiger partial charge in [-0.3, -0.25) is 15.2 Å². The van der Waals surface area contributed by atoms with Crippen LogP contribution in [-0.4, -0.2) is 4.98 Å². The summed E-state index contributed by atoms with van der Waals surface area (Å²) in [5.41, 5.74) is -0.214. The average molecular weight is 128 g/mol. The van der Waals surface area contributed by atoms with Crippen LogP contribution in [0.1, 0.15) is 0 Å². The van der Waals surface area contributed by atoms with E-state index in [9.17, 15) is 4.79 Å². The van der Waals surface area contributed by atoms with Gasteiger partial charge in [-0.05, 0) is 5.38 Å². The Morgan fingerprint density at radius 3 is 2.88 bits per heavy atom. The van der Waals surface area contributed by atoms with Gasteiger partial charge in [0.2, 0.25) is 0 Å². The fourth-order valence-electron chi connectivity index (χ4n) is 0.347. The van der Waals surface area contributed by atoms with Crippen molar-refractivity contribution in [2.45, 2.75) is 0 Å². The molecule has 0 radical (unpaired) electrons. The molecule has 1 rings (SSSR count). The second-order valence-corrected chi connectivity index (χ2v) is 2.16. The smallest absolute Gasteiger partial charge is 0.250 e. The minimum atomic E-state index is -0.214. The van der Waals surface area contributed by atoms with E-state index < -0.39 is 0 Å². The van der Waals surface area contributed by atoms with Gasteiger partial charge in [-0.25, -0.2) is 0 Å². The molecule has 1 aromatic heterocycles. The first-order chi connectivity index (χ1) is 3.79. The molecule has 0 amide bonds. The summed E-state index contributed by atoms with van der Waals surface area (Å²) in [4.78, 5) is 12.8. The summed E-state index contributed by atoms with van der Waals surface area (Å²) >= 11 is 1.19. The molecule has 0 atom stereocenters. The van der Waals surface area contributed by atoms with Crippen LogP contribution in [0, 0.1) is 5.41 Å². The van der Waals surface area contributed by atoms with Crippen molar-refractivity contribution in [1.29, 1.82) is 5.41 Å². The molecule has 0 fully saturated rings. The SMILES string of the molecule is N=c1[nH]c(=O)ccs1. The Bertz CT molecular complexity index is 248. The highest BCUT2D eigenvalue weighted by Gasteiger charge is 1.76. The van der Waals surface area contributed by atoms with E-state index >= 15 is 0 Å². The summed E-state index contributed by atoms with van der Waals surface area (Å²) in [6.07, 6.45) is 0. The number of aromatic nitrogens is 1. The van der Waals surface area contributed by atoms with Gasteiger partial charge in [0.1, 0.15) is 0 Å². The van der Waals surface area contributed by atoms with Crippen molar-refractivity contribution < 1.29 is 0 Å². The molecule has 42 valence electrons. The molecule has 1 aromatic rings. The Kier molecular flexibility index (Phi) is 1.26. The number of H-pyrrole nitrogens is 1. The highest BCUT2D eigenvalue weighted by molar-refractivity contribution is 7.06. The maximum atomic E-state index is 10.3. The summed E-state index contributed by atoms with van der Waals surface area (Å²) in [7, 11) is 0. The molecule has 0 saturated carbocycles. The third-order valence-electron chi connectivity index (χ3n) is 0.642. The zero-order valence-electron chi connectivity index (χ0n) is 3.97. The van der Waals surface area contributed by atoms with Gasteiger partial charge in [-0.15, -0.1) is 11.3 Å². The fraction of sp³-hybridized carbons (Fsp3) is 0. The number of hydrogen-bond acceptors (Lipinski definition) is 3. The van der Waals surface area contributed by atoms with Crippen LogP contribution in [0.5, 0.6) is 0 Å². The van der Waals surface area contributed by atoms with Crippen LogP contribution in [0.2, 0.25) is 0 Å². The van der Waals surface area contributed by atoms with E-state index in [2.05, 4.69) is 4.98 Å². The number of nitrogens with one attached hydrogen (secondary N) is 2. The number of hydrogen-bond donors (Lipinski definition) is 2. The van der Waals surface area contributed by atoms with Crippen molar-refractivity contribution in [2.75, 3.05) is 0 Å². The summed E-state index contributed by atoms with van der Waals surface area (Å²) in [6.45, 7) is 0. The van der Waals surface area contributed by atoms with Crippen molar-refractivity contribution in [3.63, 3.8) is 0 Å². The summed E-state index contributed by atoms with van der Waals surface area (Å²) in [6, 6.07) is 1.39. The maximum absolute atomic E-state index is 10.3. The second kappa shape index (κ2) is 1.92. The Hall–Kier alpha value is -0.900. The molecule has 0 bridgehead atoms. The zero-order valence-corrected chi connectivity index (χ0v) is 4.79. The predicted molar refractivity (Wildman–Crippen MR) is 30.8 cm³/mol. The largest absolute Gasteiger partial charge is 0.299 e. The maximum Gasteiger partial charge on any atom is 0.250 e. The lowest BCUT2D eigenvalue weighted by Crippen LogP contribution is -2.13. The Morgan fingerprint density at radius 1 is 1.75 bits per heavy atom. The van der Waals surface area contributed by atoms with Crippen LogP contribution in [0.25, 0.3) is 0 Å². The highest BCUT2D eigenvalue weighted by atomic mass is 32.1. The minimum absolute atomic E-state index is 0.192. The molecule has 0 saturated heterocycles. The molecule has 0 aliphatic rings. The van der Waals surface area contributed by atoms with Gasteiger partial charge < -0.3 is 0 Å². The lowest BCUT2D eigenvalue weighted by atomic mass is 10.7. The molecular formula is C4H4N2OS. The third-order valence-corrected chi connectivity index (χ3v) is 1.25. The van der Waals surface area contributed by atoms with Gasteiger partial charge in [-0.2, -0.15) is 0 Å². The van der Waals surface area contributed by atoms with Crippen molar-refractivity contribution in [2.24, 2.45) is 0 Å². The molecular weight excluding hydrogens is 124 g/mol. The number of rotatable bonds is 0. The van der Waals surface area contributed by atoms with Gasteiger partial charge in [0.05, 0.1) is 0 Å². The number of aromatic amines is 1. The normalized spacial score (nSPS) is 9.00. The van der Waals surface area contributed by atoms with Gasteiger partial charge >= 0.3 is 0 Å². The van der Waals surface area contributed by atoms with E-state index in [0.29, 0.717) is 0 Å². The molecule has 3 nitrogen and oxygen atoms in total. The lowest BCUT2D eigenvalue weighted by molar-refractivity contribution is 1.12. The van der Waals surface area contributed by atoms with Crippen LogP contribution in [-0.2, 0) is 0 Å². The minimum Gasteiger partial charge on any atom is -0.299 e. The van der Waals surface area contributed by atoms with Crippen molar-refractivity contribution in [3.05, 3.63) is 26.6 Å². The summed E-state index contributed by atoms with van der Waals surface area (Å²) < 4.78 is 0. The molecule has 0 unspecified atom stereocenters. The van der Waals surface area contributed by atoms with Gasteiger partial charge in [0, 0.05) is 6.07 Å². The van der Waals surface area contributed by atoms with Crippen LogP contribution in [0.15, 0.2) is 16.2 Å². The first-order valence-electron chi connectivity index (χ1n) is 2.02. The molecule has 0 aromatic carbocycles. The van der Waals surface area contributed by atoms with Crippen molar-refractivity contribution in [1.82, 2.24) is 4.98 Å². The highest BCUT2D eigenvalue weighted by Crippen LogP contribution is 1.72. The lowest BCUT2D eigenvalue weighted by Gasteiger charge is -1.75. The molecule has 4 heteroatoms. The molecule has 0 aliphatic carbocycles. The monoisotopic (exact) mass is 128 g/mol. The van der Waals surface area contributed by atoms with Crippen molar-refractivity contribution >= 4 is 11.3 Å². The van der Waals surface area contributed by atoms with E-state index in [1.165, 1.54) is 17.4 Å². The summed E-state index contributed by atoms with van der Waals surface area (Å²) in [5, 5.41) is 8.48. The standard InChI is InChI=1S/C4H4N2OS/c5-4-6-3(7)1-2-8-4/h1-2H,(H2,5,6,7). The molecule has 0 aliphatic heterocycles. The van der Waals surface area contributed by atoms with Crippen LogP contribution >= 0.6 is 11.3 Å². The zero-order chi connectivity index (χ0) is 5.98. The Labute approximate surface area is 49.1 Å². The van der Waals surface area contributed by atoms with Crippen LogP contribution in [0.3, 0.4) is 0 Å². The fourth-order valence-corrected chi connectivity index (χ4v) is 0.834. The quantitative estimate of drug-likeness (QED) is 0.504. The molecule has 0 spiro atoms. The van der Waals surface area contributed by atoms with Crippen LogP contribution in [0.4, 0.5) is 0 Å². The first kappa shape index (κ1) is 5.24. The Balaban J connectivity index is 3.50. The van der Waals surface area contributed by atoms with E-state index in [1.807, 2.05) is 0 Å². The molecule has 2 N–H and O–H groups in total. The van der Waals surface area contributed by atoms with Gasteiger partial charge in [0.25, 0.3) is 5.56 Å². The van der Waals surface area contributed by atoms with Crippen LogP contribution < -0.4 is 10.4 Å². The third kappa shape index (κ3) is 1.04. The Morgan fingerprint density at radius 2 is 2.50 bits per heavy atom. The van der Waals surface area contributed by atoms with Gasteiger partial charge in [-0.1, -0.05) is 0 Å². The van der Waals surface area contributed by atoms with E-state index in [-0.39, 0.29) is 10.4 Å². The van der Waals surface area contributed by atoms with E-state index in [4.69, 9.17) is 5.41 Å².